The van der Waals surface area contributed by atoms with Crippen molar-refractivity contribution in [2.75, 3.05) is 0 Å². The Bertz CT molecular complexity index is 335. The molecule has 0 fully saturated rings. The Morgan fingerprint density at radius 1 is 1.36 bits per heavy atom. The Hall–Kier alpha value is -0.740. The molecule has 0 spiro atoms. The number of alkyl halides is 3. The molecule has 0 saturated carbocycles. The lowest BCUT2D eigenvalue weighted by Gasteiger charge is -2.17. The summed E-state index contributed by atoms with van der Waals surface area (Å²) in [5, 5.41) is 0.403. The highest BCUT2D eigenvalue weighted by Gasteiger charge is 2.38. The maximum atomic E-state index is 12.3. The van der Waals surface area contributed by atoms with Crippen LogP contribution in [0.15, 0.2) is 18.2 Å². The molecule has 0 bridgehead atoms. The van der Waals surface area contributed by atoms with Gasteiger partial charge >= 0.3 is 6.18 Å². The molecule has 0 unspecified atom stereocenters. The van der Waals surface area contributed by atoms with Crippen LogP contribution in [-0.4, -0.2) is 6.18 Å². The standard InChI is InChI=1S/C9H9ClF3N/c1-5-4-6(10)2-3-7(5)8(14)9(11,12)13/h2-4,8H,14H2,1H3/t8-/m1/s1. The van der Waals surface area contributed by atoms with Crippen LogP contribution in [0.25, 0.3) is 0 Å². The molecule has 1 nitrogen and oxygen atoms in total. The van der Waals surface area contributed by atoms with E-state index in [1.807, 2.05) is 0 Å². The first-order valence-corrected chi connectivity index (χ1v) is 4.28. The Morgan fingerprint density at radius 3 is 2.36 bits per heavy atom. The van der Waals surface area contributed by atoms with Crippen LogP contribution in [0.2, 0.25) is 5.02 Å². The van der Waals surface area contributed by atoms with Gasteiger partial charge in [-0.05, 0) is 30.2 Å². The number of aryl methyl sites for hydroxylation is 1. The Balaban J connectivity index is 3.08. The molecule has 14 heavy (non-hydrogen) atoms. The van der Waals surface area contributed by atoms with Crippen LogP contribution < -0.4 is 5.73 Å². The minimum atomic E-state index is -4.42. The van der Waals surface area contributed by atoms with Crippen LogP contribution in [0.1, 0.15) is 17.2 Å². The number of rotatable bonds is 1. The van der Waals surface area contributed by atoms with Gasteiger partial charge in [-0.25, -0.2) is 0 Å². The summed E-state index contributed by atoms with van der Waals surface area (Å²) in [6.07, 6.45) is -4.42. The van der Waals surface area contributed by atoms with Crippen LogP contribution in [0, 0.1) is 6.92 Å². The van der Waals surface area contributed by atoms with E-state index in [1.165, 1.54) is 18.2 Å². The van der Waals surface area contributed by atoms with Gasteiger partial charge in [0.2, 0.25) is 0 Å². The number of nitrogens with two attached hydrogens (primary N) is 1. The third-order valence-corrected chi connectivity index (χ3v) is 2.15. The van der Waals surface area contributed by atoms with Crippen molar-refractivity contribution in [2.24, 2.45) is 5.73 Å². The molecule has 0 aliphatic carbocycles. The predicted octanol–water partition coefficient (Wildman–Crippen LogP) is 3.21. The lowest BCUT2D eigenvalue weighted by molar-refractivity contribution is -0.149. The number of hydrogen-bond donors (Lipinski definition) is 1. The summed E-state index contributed by atoms with van der Waals surface area (Å²) in [5.41, 5.74) is 5.56. The molecular formula is C9H9ClF3N. The number of benzene rings is 1. The van der Waals surface area contributed by atoms with E-state index in [-0.39, 0.29) is 5.56 Å². The highest BCUT2D eigenvalue weighted by atomic mass is 35.5. The van der Waals surface area contributed by atoms with Crippen LogP contribution in [0.3, 0.4) is 0 Å². The highest BCUT2D eigenvalue weighted by Crippen LogP contribution is 2.32. The molecule has 0 aliphatic rings. The fourth-order valence-electron chi connectivity index (χ4n) is 1.16. The first kappa shape index (κ1) is 11.3. The Kier molecular flexibility index (Phi) is 3.07. The van der Waals surface area contributed by atoms with Crippen LogP contribution in [-0.2, 0) is 0 Å². The van der Waals surface area contributed by atoms with E-state index in [4.69, 9.17) is 17.3 Å². The highest BCUT2D eigenvalue weighted by molar-refractivity contribution is 6.30. The molecule has 1 rings (SSSR count). The normalized spacial score (nSPS) is 14.1. The smallest absolute Gasteiger partial charge is 0.316 e. The predicted molar refractivity (Wildman–Crippen MR) is 49.2 cm³/mol. The van der Waals surface area contributed by atoms with Gasteiger partial charge in [-0.1, -0.05) is 17.7 Å². The van der Waals surface area contributed by atoms with E-state index >= 15 is 0 Å². The van der Waals surface area contributed by atoms with E-state index in [0.29, 0.717) is 10.6 Å². The number of hydrogen-bond acceptors (Lipinski definition) is 1. The van der Waals surface area contributed by atoms with Gasteiger partial charge < -0.3 is 5.73 Å². The quantitative estimate of drug-likeness (QED) is 0.777. The van der Waals surface area contributed by atoms with Crippen molar-refractivity contribution >= 4 is 11.6 Å². The summed E-state index contributed by atoms with van der Waals surface area (Å²) in [6.45, 7) is 1.55. The first-order valence-electron chi connectivity index (χ1n) is 3.90. The second kappa shape index (κ2) is 3.79. The van der Waals surface area contributed by atoms with Crippen molar-refractivity contribution < 1.29 is 13.2 Å². The van der Waals surface area contributed by atoms with Crippen molar-refractivity contribution in [3.8, 4) is 0 Å². The van der Waals surface area contributed by atoms with Gasteiger partial charge in [-0.3, -0.25) is 0 Å². The molecule has 0 amide bonds. The maximum Gasteiger partial charge on any atom is 0.407 e. The summed E-state index contributed by atoms with van der Waals surface area (Å²) in [6, 6.07) is 2.22. The van der Waals surface area contributed by atoms with E-state index in [1.54, 1.807) is 6.92 Å². The van der Waals surface area contributed by atoms with E-state index in [2.05, 4.69) is 0 Å². The fourth-order valence-corrected chi connectivity index (χ4v) is 1.39. The van der Waals surface area contributed by atoms with E-state index in [0.717, 1.165) is 0 Å². The Labute approximate surface area is 84.7 Å². The van der Waals surface area contributed by atoms with Crippen molar-refractivity contribution in [3.63, 3.8) is 0 Å². The van der Waals surface area contributed by atoms with Gasteiger partial charge in [0.1, 0.15) is 6.04 Å². The van der Waals surface area contributed by atoms with Crippen molar-refractivity contribution in [3.05, 3.63) is 34.3 Å². The summed E-state index contributed by atoms with van der Waals surface area (Å²) in [7, 11) is 0. The minimum Gasteiger partial charge on any atom is -0.316 e. The van der Waals surface area contributed by atoms with Crippen molar-refractivity contribution in [2.45, 2.75) is 19.1 Å². The van der Waals surface area contributed by atoms with Gasteiger partial charge in [0.15, 0.2) is 0 Å². The van der Waals surface area contributed by atoms with Gasteiger partial charge in [-0.15, -0.1) is 0 Å². The molecule has 0 radical (unpaired) electrons. The monoisotopic (exact) mass is 223 g/mol. The molecule has 0 saturated heterocycles. The van der Waals surface area contributed by atoms with Gasteiger partial charge in [-0.2, -0.15) is 13.2 Å². The second-order valence-corrected chi connectivity index (χ2v) is 3.46. The summed E-state index contributed by atoms with van der Waals surface area (Å²) in [4.78, 5) is 0. The molecule has 5 heteroatoms. The van der Waals surface area contributed by atoms with Crippen molar-refractivity contribution in [1.82, 2.24) is 0 Å². The molecule has 0 aliphatic heterocycles. The largest absolute Gasteiger partial charge is 0.407 e. The van der Waals surface area contributed by atoms with Crippen LogP contribution >= 0.6 is 11.6 Å². The molecular weight excluding hydrogens is 215 g/mol. The van der Waals surface area contributed by atoms with Gasteiger partial charge in [0.25, 0.3) is 0 Å². The molecule has 2 N–H and O–H groups in total. The molecule has 1 aromatic carbocycles. The SMILES string of the molecule is Cc1cc(Cl)ccc1[C@@H](N)C(F)(F)F. The fraction of sp³-hybridized carbons (Fsp3) is 0.333. The number of halogens is 4. The second-order valence-electron chi connectivity index (χ2n) is 3.02. The zero-order valence-electron chi connectivity index (χ0n) is 7.40. The molecule has 78 valence electrons. The summed E-state index contributed by atoms with van der Waals surface area (Å²) < 4.78 is 36.8. The Morgan fingerprint density at radius 2 is 1.93 bits per heavy atom. The van der Waals surface area contributed by atoms with Crippen LogP contribution in [0.4, 0.5) is 13.2 Å². The van der Waals surface area contributed by atoms with Gasteiger partial charge in [0, 0.05) is 5.02 Å². The molecule has 0 heterocycles. The van der Waals surface area contributed by atoms with Crippen molar-refractivity contribution in [1.29, 1.82) is 0 Å². The van der Waals surface area contributed by atoms with E-state index < -0.39 is 12.2 Å². The molecule has 1 aromatic rings. The molecule has 0 aromatic heterocycles. The zero-order valence-corrected chi connectivity index (χ0v) is 8.15. The van der Waals surface area contributed by atoms with Crippen LogP contribution in [0.5, 0.6) is 0 Å². The third kappa shape index (κ3) is 2.39. The summed E-state index contributed by atoms with van der Waals surface area (Å²) in [5.74, 6) is 0. The summed E-state index contributed by atoms with van der Waals surface area (Å²) >= 11 is 5.61. The average Bonchev–Trinajstić information content (AvgIpc) is 2.01. The third-order valence-electron chi connectivity index (χ3n) is 1.92. The molecule has 1 atom stereocenters. The zero-order chi connectivity index (χ0) is 10.9. The minimum absolute atomic E-state index is 0.0573. The first-order chi connectivity index (χ1) is 6.32. The van der Waals surface area contributed by atoms with Gasteiger partial charge in [0.05, 0.1) is 0 Å². The lowest BCUT2D eigenvalue weighted by Crippen LogP contribution is -2.29. The maximum absolute atomic E-state index is 12.3. The lowest BCUT2D eigenvalue weighted by atomic mass is 10.0. The van der Waals surface area contributed by atoms with E-state index in [9.17, 15) is 13.2 Å². The topological polar surface area (TPSA) is 26.0 Å². The average molecular weight is 224 g/mol.